The molecule has 0 N–H and O–H groups in total. The molecule has 26 heavy (non-hydrogen) atoms. The van der Waals surface area contributed by atoms with Crippen LogP contribution in [0.4, 0.5) is 5.69 Å². The third-order valence-corrected chi connectivity index (χ3v) is 5.61. The molecule has 0 bridgehead atoms. The predicted molar refractivity (Wildman–Crippen MR) is 103 cm³/mol. The van der Waals surface area contributed by atoms with E-state index in [9.17, 15) is 14.4 Å². The van der Waals surface area contributed by atoms with Crippen LogP contribution in [0.5, 0.6) is 0 Å². The van der Waals surface area contributed by atoms with E-state index in [2.05, 4.69) is 15.9 Å². The lowest BCUT2D eigenvalue weighted by molar-refractivity contribution is -0.147. The van der Waals surface area contributed by atoms with Crippen LogP contribution < -0.4 is 4.90 Å². The second-order valence-corrected chi connectivity index (χ2v) is 7.49. The summed E-state index contributed by atoms with van der Waals surface area (Å²) in [7, 11) is 1.34. The topological polar surface area (TPSA) is 66.9 Å². The number of anilines is 1. The summed E-state index contributed by atoms with van der Waals surface area (Å²) in [6, 6.07) is 5.72. The maximum atomic E-state index is 12.9. The van der Waals surface area contributed by atoms with Crippen LogP contribution in [0.1, 0.15) is 25.8 Å². The number of carbonyl (C=O) groups excluding carboxylic acids is 3. The zero-order valence-electron chi connectivity index (χ0n) is 15.6. The lowest BCUT2D eigenvalue weighted by Gasteiger charge is -2.26. The van der Waals surface area contributed by atoms with Crippen molar-refractivity contribution in [3.05, 3.63) is 28.2 Å². The average Bonchev–Trinajstić information content (AvgIpc) is 3.02. The van der Waals surface area contributed by atoms with Crippen molar-refractivity contribution in [3.63, 3.8) is 0 Å². The highest BCUT2D eigenvalue weighted by Crippen LogP contribution is 2.29. The molecule has 1 aromatic rings. The molecule has 2 rings (SSSR count). The van der Waals surface area contributed by atoms with Crippen molar-refractivity contribution >= 4 is 39.4 Å². The van der Waals surface area contributed by atoms with Crippen LogP contribution in [0.25, 0.3) is 0 Å². The van der Waals surface area contributed by atoms with E-state index in [4.69, 9.17) is 4.74 Å². The molecule has 1 heterocycles. The van der Waals surface area contributed by atoms with Crippen molar-refractivity contribution in [1.82, 2.24) is 4.90 Å². The smallest absolute Gasteiger partial charge is 0.310 e. The summed E-state index contributed by atoms with van der Waals surface area (Å²) >= 11 is 3.45. The number of amides is 2. The maximum absolute atomic E-state index is 12.9. The Balaban J connectivity index is 2.09. The highest BCUT2D eigenvalue weighted by molar-refractivity contribution is 9.10. The van der Waals surface area contributed by atoms with Gasteiger partial charge in [0.15, 0.2) is 0 Å². The number of esters is 1. The molecule has 6 nitrogen and oxygen atoms in total. The number of methoxy groups -OCH3 is 1. The number of aryl methyl sites for hydroxylation is 1. The Morgan fingerprint density at radius 3 is 2.69 bits per heavy atom. The number of rotatable bonds is 6. The van der Waals surface area contributed by atoms with Crippen LogP contribution in [-0.2, 0) is 19.1 Å². The average molecular weight is 425 g/mol. The summed E-state index contributed by atoms with van der Waals surface area (Å²) in [4.78, 5) is 40.2. The highest BCUT2D eigenvalue weighted by atomic mass is 79.9. The fourth-order valence-corrected chi connectivity index (χ4v) is 3.41. The van der Waals surface area contributed by atoms with E-state index < -0.39 is 11.8 Å². The van der Waals surface area contributed by atoms with Gasteiger partial charge in [0.25, 0.3) is 0 Å². The first kappa shape index (κ1) is 20.4. The normalized spacial score (nSPS) is 18.0. The summed E-state index contributed by atoms with van der Waals surface area (Å²) in [5, 5.41) is 0. The fourth-order valence-electron chi connectivity index (χ4n) is 3.16. The fraction of sp³-hybridized carbons (Fsp3) is 0.526. The Labute approximate surface area is 162 Å². The van der Waals surface area contributed by atoms with Gasteiger partial charge < -0.3 is 14.5 Å². The van der Waals surface area contributed by atoms with E-state index in [0.717, 1.165) is 15.7 Å². The first-order valence-electron chi connectivity index (χ1n) is 8.71. The molecular weight excluding hydrogens is 400 g/mol. The molecule has 0 aliphatic carbocycles. The van der Waals surface area contributed by atoms with Crippen LogP contribution in [0.3, 0.4) is 0 Å². The minimum atomic E-state index is -0.397. The number of halogens is 1. The van der Waals surface area contributed by atoms with E-state index in [1.165, 1.54) is 7.11 Å². The third kappa shape index (κ3) is 4.44. The molecule has 0 aromatic heterocycles. The van der Waals surface area contributed by atoms with Gasteiger partial charge in [0.2, 0.25) is 11.8 Å². The van der Waals surface area contributed by atoms with Crippen LogP contribution in [0, 0.1) is 18.8 Å². The first-order chi connectivity index (χ1) is 12.3. The van der Waals surface area contributed by atoms with Gasteiger partial charge >= 0.3 is 5.97 Å². The monoisotopic (exact) mass is 424 g/mol. The molecule has 1 aliphatic rings. The summed E-state index contributed by atoms with van der Waals surface area (Å²) in [6.45, 7) is 6.71. The third-order valence-electron chi connectivity index (χ3n) is 4.72. The SMILES string of the molecule is CCN(CC(C)C(=O)OC)C(=O)C1CC(=O)N(c2ccc(Br)c(C)c2)C1. The van der Waals surface area contributed by atoms with E-state index in [1.54, 1.807) is 16.7 Å². The van der Waals surface area contributed by atoms with Gasteiger partial charge in [-0.25, -0.2) is 0 Å². The second-order valence-electron chi connectivity index (χ2n) is 6.64. The van der Waals surface area contributed by atoms with Gasteiger partial charge in [-0.05, 0) is 37.6 Å². The molecule has 7 heteroatoms. The minimum absolute atomic E-state index is 0.0536. The number of carbonyl (C=O) groups is 3. The molecule has 1 saturated heterocycles. The quantitative estimate of drug-likeness (QED) is 0.658. The number of hydrogen-bond donors (Lipinski definition) is 0. The zero-order chi connectivity index (χ0) is 19.4. The van der Waals surface area contributed by atoms with Crippen LogP contribution in [0.15, 0.2) is 22.7 Å². The number of ether oxygens (including phenoxy) is 1. The summed E-state index contributed by atoms with van der Waals surface area (Å²) in [5.74, 6) is -1.27. The standard InChI is InChI=1S/C19H25BrN2O4/c1-5-21(10-13(3)19(25)26-4)18(24)14-9-17(23)22(11-14)15-6-7-16(20)12(2)8-15/h6-8,13-14H,5,9-11H2,1-4H3. The molecule has 1 aliphatic heterocycles. The second kappa shape index (κ2) is 8.66. The lowest BCUT2D eigenvalue weighted by Crippen LogP contribution is -2.41. The molecule has 1 fully saturated rings. The molecule has 0 saturated carbocycles. The molecule has 2 unspecified atom stereocenters. The van der Waals surface area contributed by atoms with Crippen LogP contribution in [-0.4, -0.2) is 49.4 Å². The van der Waals surface area contributed by atoms with Crippen molar-refractivity contribution in [2.75, 3.05) is 31.6 Å². The lowest BCUT2D eigenvalue weighted by atomic mass is 10.1. The van der Waals surface area contributed by atoms with Crippen LogP contribution >= 0.6 is 15.9 Å². The molecule has 2 amide bonds. The maximum Gasteiger partial charge on any atom is 0.310 e. The summed E-state index contributed by atoms with van der Waals surface area (Å²) in [5.41, 5.74) is 1.84. The molecular formula is C19H25BrN2O4. The van der Waals surface area contributed by atoms with Crippen molar-refractivity contribution < 1.29 is 19.1 Å². The van der Waals surface area contributed by atoms with Gasteiger partial charge in [-0.3, -0.25) is 14.4 Å². The minimum Gasteiger partial charge on any atom is -0.469 e. The predicted octanol–water partition coefficient (Wildman–Crippen LogP) is 2.77. The molecule has 0 radical (unpaired) electrons. The van der Waals surface area contributed by atoms with Gasteiger partial charge in [-0.15, -0.1) is 0 Å². The van der Waals surface area contributed by atoms with Crippen molar-refractivity contribution in [1.29, 1.82) is 0 Å². The van der Waals surface area contributed by atoms with Crippen molar-refractivity contribution in [2.45, 2.75) is 27.2 Å². The Morgan fingerprint density at radius 1 is 1.42 bits per heavy atom. The molecule has 142 valence electrons. The van der Waals surface area contributed by atoms with E-state index in [1.807, 2.05) is 32.0 Å². The van der Waals surface area contributed by atoms with Gasteiger partial charge in [0.05, 0.1) is 18.9 Å². The van der Waals surface area contributed by atoms with Crippen molar-refractivity contribution in [2.24, 2.45) is 11.8 Å². The van der Waals surface area contributed by atoms with Crippen molar-refractivity contribution in [3.8, 4) is 0 Å². The molecule has 2 atom stereocenters. The Kier molecular flexibility index (Phi) is 6.81. The van der Waals surface area contributed by atoms with E-state index in [-0.39, 0.29) is 24.2 Å². The van der Waals surface area contributed by atoms with Crippen LogP contribution in [0.2, 0.25) is 0 Å². The summed E-state index contributed by atoms with van der Waals surface area (Å²) in [6.07, 6.45) is 0.192. The Hall–Kier alpha value is -1.89. The van der Waals surface area contributed by atoms with Gasteiger partial charge in [-0.1, -0.05) is 22.9 Å². The van der Waals surface area contributed by atoms with E-state index in [0.29, 0.717) is 19.6 Å². The molecule has 0 spiro atoms. The number of hydrogen-bond acceptors (Lipinski definition) is 4. The van der Waals surface area contributed by atoms with Gasteiger partial charge in [0.1, 0.15) is 0 Å². The largest absolute Gasteiger partial charge is 0.469 e. The van der Waals surface area contributed by atoms with E-state index >= 15 is 0 Å². The number of nitrogens with zero attached hydrogens (tertiary/aromatic N) is 2. The molecule has 1 aromatic carbocycles. The first-order valence-corrected chi connectivity index (χ1v) is 9.50. The Morgan fingerprint density at radius 2 is 2.12 bits per heavy atom. The van der Waals surface area contributed by atoms with Gasteiger partial charge in [-0.2, -0.15) is 0 Å². The summed E-state index contributed by atoms with van der Waals surface area (Å²) < 4.78 is 5.71. The highest BCUT2D eigenvalue weighted by Gasteiger charge is 2.37. The number of benzene rings is 1. The zero-order valence-corrected chi connectivity index (χ0v) is 17.2. The Bertz CT molecular complexity index is 707. The van der Waals surface area contributed by atoms with Gasteiger partial charge in [0, 0.05) is 36.2 Å².